The Morgan fingerprint density at radius 2 is 0.914 bits per heavy atom. The van der Waals surface area contributed by atoms with Crippen LogP contribution in [0.3, 0.4) is 0 Å². The van der Waals surface area contributed by atoms with Crippen LogP contribution in [0, 0.1) is 58.7 Å². The van der Waals surface area contributed by atoms with E-state index in [2.05, 4.69) is 303 Å². The number of oxazole rings is 1. The van der Waals surface area contributed by atoms with E-state index in [9.17, 15) is 18.0 Å². The minimum Gasteiger partial charge on any atom is -0.493 e. The van der Waals surface area contributed by atoms with Crippen molar-refractivity contribution in [3.63, 3.8) is 0 Å². The lowest BCUT2D eigenvalue weighted by atomic mass is 9.86. The molecule has 0 radical (unpaired) electrons. The van der Waals surface area contributed by atoms with Crippen molar-refractivity contribution in [3.05, 3.63) is 267 Å². The van der Waals surface area contributed by atoms with Crippen molar-refractivity contribution in [2.24, 2.45) is 37.9 Å². The number of para-hydroxylation sites is 2. The first kappa shape index (κ1) is 124. The van der Waals surface area contributed by atoms with Crippen LogP contribution in [0.4, 0.5) is 13.2 Å². The number of benzene rings is 6. The average Bonchev–Trinajstić information content (AvgIpc) is 1.57. The van der Waals surface area contributed by atoms with Gasteiger partial charge in [0.15, 0.2) is 0 Å². The Hall–Kier alpha value is -9.00. The minimum atomic E-state index is -4.20. The zero-order valence-electron chi connectivity index (χ0n) is 93.2. The van der Waals surface area contributed by atoms with Crippen LogP contribution in [-0.4, -0.2) is 96.4 Å². The standard InChI is InChI=1S/C14H17NO.C13H15N.C13H20O.C12H16O.C12H18O.C11H17N.C11H22O.C11H16O.C10H20O.C8H12N2O.C7H13F3O/c1-10-12(14(2,3)4)15-13(16-10)11-8-6-5-7-9-11;1-13(2,3)12-9-8-10-6-4-5-7-11(10)14-12;1-13(2,3)9-10-14-11-12-7-5-4-6-8-12;1-12(2,3)10-4-5-11-9(8-10)6-7-13-11;1-10-6-5-7-11(8-10)13-9-12(2,3)4;1-9-5-6-10(8-12-9)7-11(2,3)4;2*1-11(2,3)9-12-10-7-5-4-6-8-10;1-10(2,3)8-11-9-6-4-5-7-9;1-8(2,3)6-4-5-7(11)10-9-6;1-6(2,3)4-11-5-7(8,9)10/h5-9H,1-4H3;4-9H,1-3H3;4-8H,9-11H2,1-3H3;4-5,8H,6-7H2,1-3H3;5-8H,9H2,1-4H3;5-6,8H,7H2,1-4H3;10H,4-9H2,1-3H3;4-8H,9H2,1-3H3;9H,4-8H2,1-3H3;4-5H,1-3H3,(H,10,11);4-5H2,1-3H3. The number of nitrogens with one attached hydrogen (secondary N) is 1. The van der Waals surface area contributed by atoms with E-state index in [1.807, 2.05) is 165 Å². The first-order chi connectivity index (χ1) is 64.1. The molecule has 3 aliphatic rings. The Kier molecular flexibility index (Phi) is 52.3. The molecule has 10 aromatic rings. The topological polar surface area (TPSA) is 162 Å². The SMILES string of the molecule is CC(C)(C)CCOCc1ccccc1.CC(C)(C)COC1CCCC1.CC(C)(C)COC1CCCCC1.CC(C)(C)COCC(F)(F)F.CC(C)(C)COc1ccccc1.CC(C)(C)c1ccc(=O)[nH]n1.CC(C)(C)c1ccc2c(c1)CCO2.CC(C)(C)c1ccc2ccccc2n1.Cc1ccc(CC(C)(C)C)cn1.Cc1cccc(OCC(C)(C)C)c1.Cc1oc(-c2ccccc2)nc1C(C)(C)C. The molecule has 0 amide bonds. The lowest BCUT2D eigenvalue weighted by Crippen LogP contribution is -2.23. The van der Waals surface area contributed by atoms with Crippen LogP contribution >= 0.6 is 0 Å². The van der Waals surface area contributed by atoms with E-state index in [1.165, 1.54) is 97.1 Å². The summed E-state index contributed by atoms with van der Waals surface area (Å²) in [6.45, 7) is 81.9. The number of pyridine rings is 2. The number of alkyl halides is 3. The molecule has 2 saturated carbocycles. The number of aryl methyl sites for hydroxylation is 3. The third kappa shape index (κ3) is 61.5. The van der Waals surface area contributed by atoms with E-state index in [4.69, 9.17) is 32.8 Å². The summed E-state index contributed by atoms with van der Waals surface area (Å²) < 4.78 is 78.6. The van der Waals surface area contributed by atoms with Gasteiger partial charge in [-0.3, -0.25) is 14.8 Å². The molecule has 1 N–H and O–H groups in total. The number of aromatic nitrogens is 5. The molecule has 139 heavy (non-hydrogen) atoms. The quantitative estimate of drug-likeness (QED) is 0.0911. The minimum absolute atomic E-state index is 0.00417. The van der Waals surface area contributed by atoms with Crippen molar-refractivity contribution in [3.8, 4) is 28.7 Å². The Morgan fingerprint density at radius 3 is 1.37 bits per heavy atom. The molecular formula is C122H186F3N5O9. The molecule has 0 atom stereocenters. The molecule has 17 heteroatoms. The number of hydrogen-bond donors (Lipinski definition) is 1. The summed E-state index contributed by atoms with van der Waals surface area (Å²) in [5.74, 6) is 4.62. The number of nitrogens with zero attached hydrogens (tertiary/aromatic N) is 4. The molecule has 14 nitrogen and oxygen atoms in total. The third-order valence-electron chi connectivity index (χ3n) is 20.9. The van der Waals surface area contributed by atoms with Crippen molar-refractivity contribution < 1.29 is 50.7 Å². The number of fused-ring (bicyclic) bond motifs is 2. The summed E-state index contributed by atoms with van der Waals surface area (Å²) in [5.41, 5.74) is 14.8. The van der Waals surface area contributed by atoms with Gasteiger partial charge in [0.05, 0.1) is 75.4 Å². The highest BCUT2D eigenvalue weighted by atomic mass is 19.4. The van der Waals surface area contributed by atoms with Gasteiger partial charge in [-0.15, -0.1) is 0 Å². The average molecular weight is 1920 g/mol. The van der Waals surface area contributed by atoms with Crippen molar-refractivity contribution in [1.82, 2.24) is 25.1 Å². The number of ether oxygens (including phenoxy) is 7. The summed E-state index contributed by atoms with van der Waals surface area (Å²) >= 11 is 0. The van der Waals surface area contributed by atoms with Crippen LogP contribution in [0.2, 0.25) is 0 Å². The van der Waals surface area contributed by atoms with Crippen LogP contribution < -0.4 is 19.8 Å². The Morgan fingerprint density at radius 1 is 0.417 bits per heavy atom. The molecule has 2 aliphatic carbocycles. The smallest absolute Gasteiger partial charge is 0.411 e. The van der Waals surface area contributed by atoms with Crippen molar-refractivity contribution in [2.45, 2.75) is 373 Å². The maximum Gasteiger partial charge on any atom is 0.411 e. The molecule has 1 aliphatic heterocycles. The van der Waals surface area contributed by atoms with E-state index < -0.39 is 12.8 Å². The second-order valence-electron chi connectivity index (χ2n) is 49.7. The van der Waals surface area contributed by atoms with Crippen molar-refractivity contribution >= 4 is 10.9 Å². The van der Waals surface area contributed by atoms with Gasteiger partial charge < -0.3 is 37.6 Å². The summed E-state index contributed by atoms with van der Waals surface area (Å²) in [7, 11) is 0. The highest BCUT2D eigenvalue weighted by molar-refractivity contribution is 5.78. The van der Waals surface area contributed by atoms with Gasteiger partial charge in [0.25, 0.3) is 5.56 Å². The van der Waals surface area contributed by atoms with Gasteiger partial charge in [0, 0.05) is 63.9 Å². The van der Waals surface area contributed by atoms with Gasteiger partial charge in [0.2, 0.25) is 5.89 Å². The van der Waals surface area contributed by atoms with E-state index in [1.54, 1.807) is 6.07 Å². The molecule has 5 heterocycles. The highest BCUT2D eigenvalue weighted by Crippen LogP contribution is 2.35. The lowest BCUT2D eigenvalue weighted by Gasteiger charge is -2.26. The number of hydrogen-bond acceptors (Lipinski definition) is 13. The van der Waals surface area contributed by atoms with Crippen LogP contribution in [-0.2, 0) is 60.1 Å². The van der Waals surface area contributed by atoms with Crippen molar-refractivity contribution in [1.29, 1.82) is 0 Å². The zero-order valence-corrected chi connectivity index (χ0v) is 93.2. The van der Waals surface area contributed by atoms with Gasteiger partial charge in [-0.05, 0) is 197 Å². The first-order valence-corrected chi connectivity index (χ1v) is 50.6. The fourth-order valence-corrected chi connectivity index (χ4v) is 13.4. The van der Waals surface area contributed by atoms with Gasteiger partial charge in [0.1, 0.15) is 29.6 Å². The Bertz CT molecular complexity index is 4980. The van der Waals surface area contributed by atoms with Crippen LogP contribution in [0.5, 0.6) is 17.2 Å². The molecule has 774 valence electrons. The number of H-pyrrole nitrogens is 1. The number of rotatable bonds is 16. The molecule has 4 aromatic heterocycles. The largest absolute Gasteiger partial charge is 0.493 e. The Balaban J connectivity index is 0.000000394. The third-order valence-corrected chi connectivity index (χ3v) is 20.9. The lowest BCUT2D eigenvalue weighted by molar-refractivity contribution is -0.179. The van der Waals surface area contributed by atoms with Gasteiger partial charge in [-0.1, -0.05) is 382 Å². The highest BCUT2D eigenvalue weighted by Gasteiger charge is 2.30. The van der Waals surface area contributed by atoms with Gasteiger partial charge >= 0.3 is 6.18 Å². The van der Waals surface area contributed by atoms with E-state index in [0.717, 1.165) is 122 Å². The molecule has 0 spiro atoms. The van der Waals surface area contributed by atoms with Crippen molar-refractivity contribution in [2.75, 3.05) is 52.9 Å². The Labute approximate surface area is 841 Å². The fourth-order valence-electron chi connectivity index (χ4n) is 13.4. The maximum absolute atomic E-state index is 11.5. The predicted molar refractivity (Wildman–Crippen MR) is 580 cm³/mol. The van der Waals surface area contributed by atoms with Crippen LogP contribution in [0.25, 0.3) is 22.4 Å². The van der Waals surface area contributed by atoms with Crippen LogP contribution in [0.15, 0.2) is 210 Å². The fraction of sp³-hybridized carbons (Fsp3) is 0.582. The molecule has 0 bridgehead atoms. The second-order valence-corrected chi connectivity index (χ2v) is 49.7. The molecule has 2 fully saturated rings. The molecule has 13 rings (SSSR count). The van der Waals surface area contributed by atoms with E-state index >= 15 is 0 Å². The monoisotopic (exact) mass is 1920 g/mol. The van der Waals surface area contributed by atoms with Crippen LogP contribution in [0.1, 0.15) is 349 Å². The van der Waals surface area contributed by atoms with E-state index in [-0.39, 0.29) is 50.1 Å². The molecular weight excluding hydrogens is 1740 g/mol. The summed E-state index contributed by atoms with van der Waals surface area (Å²) in [6, 6.07) is 64.9. The maximum atomic E-state index is 11.5. The normalized spacial score (nSPS) is 13.7. The molecule has 0 unspecified atom stereocenters. The molecule has 0 saturated heterocycles. The van der Waals surface area contributed by atoms with Gasteiger partial charge in [-0.25, -0.2) is 10.1 Å². The number of halogens is 3. The van der Waals surface area contributed by atoms with E-state index in [0.29, 0.717) is 39.8 Å². The summed E-state index contributed by atoms with van der Waals surface area (Å²) in [5, 5.41) is 7.52. The zero-order chi connectivity index (χ0) is 105. The summed E-state index contributed by atoms with van der Waals surface area (Å²) in [6.07, 6.45) is 14.2. The predicted octanol–water partition coefficient (Wildman–Crippen LogP) is 33.6. The molecule has 6 aromatic carbocycles. The summed E-state index contributed by atoms with van der Waals surface area (Å²) in [4.78, 5) is 24.1. The number of aromatic amines is 1. The first-order valence-electron chi connectivity index (χ1n) is 50.6. The second kappa shape index (κ2) is 58.5. The van der Waals surface area contributed by atoms with Gasteiger partial charge in [-0.2, -0.15) is 18.3 Å².